The molecule has 0 spiro atoms. The highest BCUT2D eigenvalue weighted by Crippen LogP contribution is 2.20. The summed E-state index contributed by atoms with van der Waals surface area (Å²) in [6.07, 6.45) is 0.303. The lowest BCUT2D eigenvalue weighted by Gasteiger charge is -2.23. The van der Waals surface area contributed by atoms with E-state index in [2.05, 4.69) is 10.6 Å². The van der Waals surface area contributed by atoms with E-state index in [0.29, 0.717) is 35.9 Å². The highest BCUT2D eigenvalue weighted by molar-refractivity contribution is 6.31. The van der Waals surface area contributed by atoms with Crippen LogP contribution in [0, 0.1) is 11.3 Å². The molecule has 1 atom stereocenters. The minimum atomic E-state index is -0.165. The Hall–Kier alpha value is -1.61. The maximum Gasteiger partial charge on any atom is 0.226 e. The van der Waals surface area contributed by atoms with Gasteiger partial charge in [0, 0.05) is 24.0 Å². The van der Waals surface area contributed by atoms with E-state index >= 15 is 0 Å². The fourth-order valence-corrected chi connectivity index (χ4v) is 2.07. The molecule has 0 saturated carbocycles. The first-order valence-corrected chi connectivity index (χ1v) is 6.37. The van der Waals surface area contributed by atoms with Crippen LogP contribution in [0.15, 0.2) is 18.2 Å². The number of ether oxygens (including phenoxy) is 1. The zero-order valence-corrected chi connectivity index (χ0v) is 11.0. The van der Waals surface area contributed by atoms with Crippen molar-refractivity contribution >= 4 is 23.2 Å². The minimum Gasteiger partial charge on any atom is -0.378 e. The van der Waals surface area contributed by atoms with E-state index in [0.717, 1.165) is 6.54 Å². The van der Waals surface area contributed by atoms with E-state index in [1.54, 1.807) is 18.2 Å². The zero-order chi connectivity index (χ0) is 13.7. The van der Waals surface area contributed by atoms with Crippen LogP contribution in [0.3, 0.4) is 0 Å². The molecule has 5 nitrogen and oxygen atoms in total. The molecular formula is C13H14ClN3O2. The molecule has 0 radical (unpaired) electrons. The van der Waals surface area contributed by atoms with Gasteiger partial charge in [0.15, 0.2) is 0 Å². The topological polar surface area (TPSA) is 74.2 Å². The minimum absolute atomic E-state index is 0.0125. The number of hydrogen-bond acceptors (Lipinski definition) is 4. The van der Waals surface area contributed by atoms with E-state index in [-0.39, 0.29) is 11.9 Å². The molecule has 1 aromatic rings. The molecule has 0 bridgehead atoms. The molecular weight excluding hydrogens is 266 g/mol. The average molecular weight is 280 g/mol. The number of hydrogen-bond donors (Lipinski definition) is 2. The number of rotatable bonds is 3. The van der Waals surface area contributed by atoms with Gasteiger partial charge >= 0.3 is 0 Å². The van der Waals surface area contributed by atoms with Crippen molar-refractivity contribution in [3.63, 3.8) is 0 Å². The SMILES string of the molecule is N#Cc1ccc(Cl)cc1NC(=O)CC1COCCN1. The van der Waals surface area contributed by atoms with Crippen LogP contribution in [0.25, 0.3) is 0 Å². The Morgan fingerprint density at radius 2 is 2.47 bits per heavy atom. The molecule has 1 aromatic carbocycles. The molecule has 1 unspecified atom stereocenters. The average Bonchev–Trinajstić information content (AvgIpc) is 2.40. The van der Waals surface area contributed by atoms with Gasteiger partial charge in [-0.15, -0.1) is 0 Å². The molecule has 19 heavy (non-hydrogen) atoms. The van der Waals surface area contributed by atoms with E-state index < -0.39 is 0 Å². The van der Waals surface area contributed by atoms with Crippen molar-refractivity contribution in [1.29, 1.82) is 5.26 Å². The molecule has 0 aliphatic carbocycles. The Bertz CT molecular complexity index is 507. The second-order valence-electron chi connectivity index (χ2n) is 4.28. The number of nitrogens with zero attached hydrogens (tertiary/aromatic N) is 1. The first-order valence-electron chi connectivity index (χ1n) is 5.99. The fourth-order valence-electron chi connectivity index (χ4n) is 1.89. The highest BCUT2D eigenvalue weighted by atomic mass is 35.5. The molecule has 6 heteroatoms. The Morgan fingerprint density at radius 1 is 1.63 bits per heavy atom. The van der Waals surface area contributed by atoms with Crippen molar-refractivity contribution in [3.05, 3.63) is 28.8 Å². The van der Waals surface area contributed by atoms with Gasteiger partial charge in [0.05, 0.1) is 24.5 Å². The third kappa shape index (κ3) is 3.93. The maximum atomic E-state index is 11.9. The maximum absolute atomic E-state index is 11.9. The molecule has 1 fully saturated rings. The van der Waals surface area contributed by atoms with Gasteiger partial charge in [-0.2, -0.15) is 5.26 Å². The molecule has 100 valence electrons. The summed E-state index contributed by atoms with van der Waals surface area (Å²) in [7, 11) is 0. The summed E-state index contributed by atoms with van der Waals surface area (Å²) < 4.78 is 5.28. The van der Waals surface area contributed by atoms with E-state index in [9.17, 15) is 4.79 Å². The quantitative estimate of drug-likeness (QED) is 0.880. The van der Waals surface area contributed by atoms with Gasteiger partial charge in [0.2, 0.25) is 5.91 Å². The largest absolute Gasteiger partial charge is 0.378 e. The molecule has 2 rings (SSSR count). The number of benzene rings is 1. The number of halogens is 1. The van der Waals surface area contributed by atoms with Crippen LogP contribution in [0.5, 0.6) is 0 Å². The van der Waals surface area contributed by atoms with Gasteiger partial charge < -0.3 is 15.4 Å². The summed E-state index contributed by atoms with van der Waals surface area (Å²) in [5.74, 6) is -0.165. The van der Waals surface area contributed by atoms with Gasteiger partial charge in [0.1, 0.15) is 6.07 Å². The number of nitriles is 1. The van der Waals surface area contributed by atoms with E-state index in [1.807, 2.05) is 6.07 Å². The predicted molar refractivity (Wildman–Crippen MR) is 72.0 cm³/mol. The monoisotopic (exact) mass is 279 g/mol. The standard InChI is InChI=1S/C13H14ClN3O2/c14-10-2-1-9(7-15)12(5-10)17-13(18)6-11-8-19-4-3-16-11/h1-2,5,11,16H,3-4,6,8H2,(H,17,18). The summed E-state index contributed by atoms with van der Waals surface area (Å²) in [5, 5.41) is 15.4. The fraction of sp³-hybridized carbons (Fsp3) is 0.385. The lowest BCUT2D eigenvalue weighted by molar-refractivity contribution is -0.117. The van der Waals surface area contributed by atoms with Gasteiger partial charge in [-0.05, 0) is 18.2 Å². The lowest BCUT2D eigenvalue weighted by atomic mass is 10.1. The van der Waals surface area contributed by atoms with Crippen LogP contribution in [0.1, 0.15) is 12.0 Å². The second-order valence-corrected chi connectivity index (χ2v) is 4.72. The molecule has 1 saturated heterocycles. The summed E-state index contributed by atoms with van der Waals surface area (Å²) in [6, 6.07) is 6.80. The van der Waals surface area contributed by atoms with Crippen LogP contribution in [0.4, 0.5) is 5.69 Å². The number of nitrogens with one attached hydrogen (secondary N) is 2. The van der Waals surface area contributed by atoms with Crippen molar-refractivity contribution in [2.75, 3.05) is 25.1 Å². The number of amides is 1. The van der Waals surface area contributed by atoms with Gasteiger partial charge in [-0.25, -0.2) is 0 Å². The number of carbonyl (C=O) groups excluding carboxylic acids is 1. The Balaban J connectivity index is 1.98. The molecule has 1 aliphatic heterocycles. The third-order valence-electron chi connectivity index (χ3n) is 2.81. The number of morpholine rings is 1. The highest BCUT2D eigenvalue weighted by Gasteiger charge is 2.17. The van der Waals surface area contributed by atoms with E-state index in [1.165, 1.54) is 0 Å². The predicted octanol–water partition coefficient (Wildman–Crippen LogP) is 1.53. The third-order valence-corrected chi connectivity index (χ3v) is 3.04. The number of anilines is 1. The first kappa shape index (κ1) is 13.8. The summed E-state index contributed by atoms with van der Waals surface area (Å²) >= 11 is 5.86. The van der Waals surface area contributed by atoms with E-state index in [4.69, 9.17) is 21.6 Å². The molecule has 1 heterocycles. The van der Waals surface area contributed by atoms with Crippen LogP contribution < -0.4 is 10.6 Å². The van der Waals surface area contributed by atoms with Crippen LogP contribution in [-0.4, -0.2) is 31.7 Å². The number of carbonyl (C=O) groups is 1. The Kier molecular flexibility index (Phi) is 4.74. The van der Waals surface area contributed by atoms with Crippen LogP contribution >= 0.6 is 11.6 Å². The van der Waals surface area contributed by atoms with Crippen LogP contribution in [-0.2, 0) is 9.53 Å². The van der Waals surface area contributed by atoms with Crippen molar-refractivity contribution < 1.29 is 9.53 Å². The lowest BCUT2D eigenvalue weighted by Crippen LogP contribution is -2.43. The first-order chi connectivity index (χ1) is 9.19. The van der Waals surface area contributed by atoms with Gasteiger partial charge in [-0.3, -0.25) is 4.79 Å². The summed E-state index contributed by atoms with van der Waals surface area (Å²) in [6.45, 7) is 1.94. The zero-order valence-electron chi connectivity index (χ0n) is 10.3. The summed E-state index contributed by atoms with van der Waals surface area (Å²) in [4.78, 5) is 11.9. The second kappa shape index (κ2) is 6.53. The van der Waals surface area contributed by atoms with Gasteiger partial charge in [0.25, 0.3) is 0 Å². The van der Waals surface area contributed by atoms with Crippen molar-refractivity contribution in [1.82, 2.24) is 5.32 Å². The van der Waals surface area contributed by atoms with Crippen molar-refractivity contribution in [2.24, 2.45) is 0 Å². The molecule has 1 aliphatic rings. The van der Waals surface area contributed by atoms with Crippen LogP contribution in [0.2, 0.25) is 5.02 Å². The molecule has 1 amide bonds. The van der Waals surface area contributed by atoms with Gasteiger partial charge in [-0.1, -0.05) is 11.6 Å². The molecule has 0 aromatic heterocycles. The Morgan fingerprint density at radius 3 is 3.16 bits per heavy atom. The summed E-state index contributed by atoms with van der Waals surface area (Å²) in [5.41, 5.74) is 0.835. The smallest absolute Gasteiger partial charge is 0.226 e. The van der Waals surface area contributed by atoms with Crippen molar-refractivity contribution in [3.8, 4) is 6.07 Å². The van der Waals surface area contributed by atoms with Crippen molar-refractivity contribution in [2.45, 2.75) is 12.5 Å². The normalized spacial score (nSPS) is 18.6. The molecule has 2 N–H and O–H groups in total. The Labute approximate surface area is 116 Å².